The maximum absolute atomic E-state index is 11.1. The van der Waals surface area contributed by atoms with Gasteiger partial charge in [-0.25, -0.2) is 4.98 Å². The van der Waals surface area contributed by atoms with Crippen LogP contribution in [0.3, 0.4) is 0 Å². The minimum absolute atomic E-state index is 0.00680. The Balaban J connectivity index is 2.30. The van der Waals surface area contributed by atoms with Crippen molar-refractivity contribution in [3.05, 3.63) is 47.2 Å². The van der Waals surface area contributed by atoms with Crippen LogP contribution in [-0.4, -0.2) is 16.0 Å². The summed E-state index contributed by atoms with van der Waals surface area (Å²) >= 11 is 5.71. The summed E-state index contributed by atoms with van der Waals surface area (Å²) in [5, 5.41) is 9.72. The molecular formula is C12H9ClN2O3. The number of carbonyl (C=O) groups is 1. The van der Waals surface area contributed by atoms with Crippen molar-refractivity contribution >= 4 is 17.5 Å². The minimum Gasteiger partial charge on any atom is -0.507 e. The van der Waals surface area contributed by atoms with E-state index in [0.717, 1.165) is 0 Å². The zero-order chi connectivity index (χ0) is 13.1. The number of ether oxygens (including phenoxy) is 1. The van der Waals surface area contributed by atoms with Gasteiger partial charge in [-0.2, -0.15) is 0 Å². The van der Waals surface area contributed by atoms with E-state index < -0.39 is 5.91 Å². The highest BCUT2D eigenvalue weighted by atomic mass is 35.5. The second-order valence-corrected chi connectivity index (χ2v) is 3.85. The van der Waals surface area contributed by atoms with Gasteiger partial charge in [-0.1, -0.05) is 11.6 Å². The quantitative estimate of drug-likeness (QED) is 0.833. The lowest BCUT2D eigenvalue weighted by Gasteiger charge is -2.07. The van der Waals surface area contributed by atoms with E-state index >= 15 is 0 Å². The molecule has 1 aromatic carbocycles. The van der Waals surface area contributed by atoms with E-state index in [-0.39, 0.29) is 11.3 Å². The molecule has 5 nitrogen and oxygen atoms in total. The summed E-state index contributed by atoms with van der Waals surface area (Å²) < 4.78 is 5.46. The number of nitrogens with zero attached hydrogens (tertiary/aromatic N) is 1. The minimum atomic E-state index is -0.731. The Kier molecular flexibility index (Phi) is 3.34. The fourth-order valence-electron chi connectivity index (χ4n) is 1.36. The van der Waals surface area contributed by atoms with Gasteiger partial charge < -0.3 is 15.6 Å². The Labute approximate surface area is 108 Å². The molecule has 1 amide bonds. The summed E-state index contributed by atoms with van der Waals surface area (Å²) in [6, 6.07) is 7.33. The van der Waals surface area contributed by atoms with E-state index in [1.54, 1.807) is 6.07 Å². The van der Waals surface area contributed by atoms with Crippen LogP contribution in [0.4, 0.5) is 0 Å². The number of phenols is 1. The zero-order valence-corrected chi connectivity index (χ0v) is 9.89. The van der Waals surface area contributed by atoms with Crippen molar-refractivity contribution in [3.63, 3.8) is 0 Å². The molecular weight excluding hydrogens is 256 g/mol. The van der Waals surface area contributed by atoms with Crippen LogP contribution in [0.15, 0.2) is 36.5 Å². The van der Waals surface area contributed by atoms with Crippen molar-refractivity contribution in [2.24, 2.45) is 5.73 Å². The molecule has 0 atom stereocenters. The fraction of sp³-hybridized carbons (Fsp3) is 0. The third kappa shape index (κ3) is 2.70. The summed E-state index contributed by atoms with van der Waals surface area (Å²) in [5.74, 6) is -0.0895. The maximum atomic E-state index is 11.1. The van der Waals surface area contributed by atoms with Gasteiger partial charge in [0.15, 0.2) is 0 Å². The molecule has 0 aliphatic heterocycles. The van der Waals surface area contributed by atoms with Crippen LogP contribution < -0.4 is 10.5 Å². The molecule has 2 rings (SSSR count). The highest BCUT2D eigenvalue weighted by molar-refractivity contribution is 6.29. The van der Waals surface area contributed by atoms with Crippen LogP contribution in [0.2, 0.25) is 5.15 Å². The largest absolute Gasteiger partial charge is 0.507 e. The summed E-state index contributed by atoms with van der Waals surface area (Å²) in [6.45, 7) is 0. The predicted molar refractivity (Wildman–Crippen MR) is 65.9 cm³/mol. The molecule has 1 heterocycles. The molecule has 6 heteroatoms. The summed E-state index contributed by atoms with van der Waals surface area (Å²) in [4.78, 5) is 14.9. The molecule has 2 aromatic rings. The van der Waals surface area contributed by atoms with Gasteiger partial charge in [-0.3, -0.25) is 4.79 Å². The van der Waals surface area contributed by atoms with Crippen LogP contribution in [0.25, 0.3) is 0 Å². The molecule has 0 saturated carbocycles. The normalized spacial score (nSPS) is 10.1. The molecule has 3 N–H and O–H groups in total. The van der Waals surface area contributed by atoms with Gasteiger partial charge in [0, 0.05) is 12.3 Å². The van der Waals surface area contributed by atoms with Gasteiger partial charge in [-0.15, -0.1) is 0 Å². The average molecular weight is 265 g/mol. The monoisotopic (exact) mass is 264 g/mol. The number of aromatic nitrogens is 1. The molecule has 1 aromatic heterocycles. The number of hydrogen-bond acceptors (Lipinski definition) is 4. The maximum Gasteiger partial charge on any atom is 0.252 e. The van der Waals surface area contributed by atoms with Crippen LogP contribution >= 0.6 is 11.6 Å². The van der Waals surface area contributed by atoms with Crippen molar-refractivity contribution in [3.8, 4) is 17.2 Å². The highest BCUT2D eigenvalue weighted by Crippen LogP contribution is 2.27. The number of hydrogen-bond donors (Lipinski definition) is 2. The molecule has 0 aliphatic rings. The number of pyridine rings is 1. The molecule has 0 aliphatic carbocycles. The molecule has 0 spiro atoms. The number of nitrogens with two attached hydrogens (primary N) is 1. The lowest BCUT2D eigenvalue weighted by molar-refractivity contribution is 0.0997. The number of halogens is 1. The molecule has 0 radical (unpaired) electrons. The van der Waals surface area contributed by atoms with E-state index in [9.17, 15) is 9.90 Å². The van der Waals surface area contributed by atoms with Crippen LogP contribution in [0, 0.1) is 0 Å². The fourth-order valence-corrected chi connectivity index (χ4v) is 1.52. The standard InChI is InChI=1S/C12H9ClN2O3/c13-11-6-8(3-4-15-11)18-7-1-2-10(16)9(5-7)12(14)17/h1-6,16H,(H2,14,17). The third-order valence-electron chi connectivity index (χ3n) is 2.17. The third-order valence-corrected chi connectivity index (χ3v) is 2.37. The SMILES string of the molecule is NC(=O)c1cc(Oc2ccnc(Cl)c2)ccc1O. The van der Waals surface area contributed by atoms with Gasteiger partial charge in [-0.05, 0) is 24.3 Å². The molecule has 18 heavy (non-hydrogen) atoms. The lowest BCUT2D eigenvalue weighted by Crippen LogP contribution is -2.11. The first-order chi connectivity index (χ1) is 8.56. The van der Waals surface area contributed by atoms with Crippen LogP contribution in [-0.2, 0) is 0 Å². The molecule has 0 fully saturated rings. The topological polar surface area (TPSA) is 85.4 Å². The van der Waals surface area contributed by atoms with E-state index in [1.165, 1.54) is 30.5 Å². The molecule has 0 saturated heterocycles. The molecule has 0 bridgehead atoms. The van der Waals surface area contributed by atoms with Gasteiger partial charge in [0.1, 0.15) is 22.4 Å². The summed E-state index contributed by atoms with van der Waals surface area (Å²) in [6.07, 6.45) is 1.49. The number of rotatable bonds is 3. The Morgan fingerprint density at radius 1 is 1.28 bits per heavy atom. The molecule has 0 unspecified atom stereocenters. The Morgan fingerprint density at radius 3 is 2.67 bits per heavy atom. The second-order valence-electron chi connectivity index (χ2n) is 3.46. The van der Waals surface area contributed by atoms with Gasteiger partial charge in [0.05, 0.1) is 5.56 Å². The number of primary amides is 1. The van der Waals surface area contributed by atoms with Crippen LogP contribution in [0.1, 0.15) is 10.4 Å². The van der Waals surface area contributed by atoms with Gasteiger partial charge in [0.2, 0.25) is 0 Å². The van der Waals surface area contributed by atoms with E-state index in [2.05, 4.69) is 4.98 Å². The first-order valence-electron chi connectivity index (χ1n) is 4.98. The summed E-state index contributed by atoms with van der Waals surface area (Å²) in [7, 11) is 0. The number of amides is 1. The van der Waals surface area contributed by atoms with E-state index in [1.807, 2.05) is 0 Å². The van der Waals surface area contributed by atoms with Crippen molar-refractivity contribution in [1.82, 2.24) is 4.98 Å². The highest BCUT2D eigenvalue weighted by Gasteiger charge is 2.09. The smallest absolute Gasteiger partial charge is 0.252 e. The van der Waals surface area contributed by atoms with Crippen molar-refractivity contribution < 1.29 is 14.6 Å². The Bertz CT molecular complexity index is 602. The summed E-state index contributed by atoms with van der Waals surface area (Å²) in [5.41, 5.74) is 5.11. The number of benzene rings is 1. The average Bonchev–Trinajstić information content (AvgIpc) is 2.31. The lowest BCUT2D eigenvalue weighted by atomic mass is 10.2. The molecule has 92 valence electrons. The predicted octanol–water partition coefficient (Wildman–Crippen LogP) is 2.33. The van der Waals surface area contributed by atoms with E-state index in [0.29, 0.717) is 16.7 Å². The number of carbonyl (C=O) groups excluding carboxylic acids is 1. The van der Waals surface area contributed by atoms with Crippen molar-refractivity contribution in [2.75, 3.05) is 0 Å². The van der Waals surface area contributed by atoms with Crippen LogP contribution in [0.5, 0.6) is 17.2 Å². The Hall–Kier alpha value is -2.27. The first-order valence-corrected chi connectivity index (χ1v) is 5.36. The van der Waals surface area contributed by atoms with Crippen molar-refractivity contribution in [2.45, 2.75) is 0 Å². The Morgan fingerprint density at radius 2 is 2.00 bits per heavy atom. The first kappa shape index (κ1) is 12.2. The van der Waals surface area contributed by atoms with Crippen molar-refractivity contribution in [1.29, 1.82) is 0 Å². The van der Waals surface area contributed by atoms with Gasteiger partial charge >= 0.3 is 0 Å². The zero-order valence-electron chi connectivity index (χ0n) is 9.13. The van der Waals surface area contributed by atoms with E-state index in [4.69, 9.17) is 22.1 Å². The second kappa shape index (κ2) is 4.93. The van der Waals surface area contributed by atoms with Gasteiger partial charge in [0.25, 0.3) is 5.91 Å². The number of aromatic hydroxyl groups is 1.